The van der Waals surface area contributed by atoms with Crippen LogP contribution in [-0.2, 0) is 6.54 Å². The first-order valence-electron chi connectivity index (χ1n) is 9.62. The van der Waals surface area contributed by atoms with Gasteiger partial charge in [-0.05, 0) is 43.4 Å². The van der Waals surface area contributed by atoms with Crippen molar-refractivity contribution in [2.45, 2.75) is 58.4 Å². The van der Waals surface area contributed by atoms with E-state index in [4.69, 9.17) is 5.73 Å². The molecule has 3 N–H and O–H groups in total. The molecule has 1 aliphatic rings. The Morgan fingerprint density at radius 1 is 1.12 bits per heavy atom. The normalized spacial score (nSPS) is 15.2. The summed E-state index contributed by atoms with van der Waals surface area (Å²) in [6.45, 7) is 5.37. The quantitative estimate of drug-likeness (QED) is 0.432. The summed E-state index contributed by atoms with van der Waals surface area (Å²) in [4.78, 5) is 18.8. The predicted molar refractivity (Wildman–Crippen MR) is 104 cm³/mol. The molecule has 1 aromatic rings. The van der Waals surface area contributed by atoms with E-state index in [0.29, 0.717) is 12.5 Å². The average molecular weight is 345 g/mol. The SMILES string of the molecule is CCCCCCNC(N)=NCc1ccc(C(=O)N2CCCCC2)cc1. The molecule has 5 nitrogen and oxygen atoms in total. The van der Waals surface area contributed by atoms with Crippen molar-refractivity contribution < 1.29 is 4.79 Å². The number of guanidine groups is 1. The van der Waals surface area contributed by atoms with E-state index >= 15 is 0 Å². The third-order valence-electron chi connectivity index (χ3n) is 4.61. The number of nitrogens with two attached hydrogens (primary N) is 1. The standard InChI is InChI=1S/C20H32N4O/c1-2-3-4-6-13-22-20(21)23-16-17-9-11-18(12-10-17)19(25)24-14-7-5-8-15-24/h9-12H,2-8,13-16H2,1H3,(H3,21,22,23). The van der Waals surface area contributed by atoms with Gasteiger partial charge in [0.15, 0.2) is 5.96 Å². The minimum atomic E-state index is 0.142. The Bertz CT molecular complexity index is 547. The van der Waals surface area contributed by atoms with Gasteiger partial charge in [0.25, 0.3) is 5.91 Å². The molecule has 1 fully saturated rings. The Hall–Kier alpha value is -2.04. The first kappa shape index (κ1) is 19.3. The molecule has 1 aromatic carbocycles. The van der Waals surface area contributed by atoms with Crippen LogP contribution in [0.1, 0.15) is 67.8 Å². The van der Waals surface area contributed by atoms with Crippen LogP contribution in [0.15, 0.2) is 29.3 Å². The zero-order valence-corrected chi connectivity index (χ0v) is 15.5. The van der Waals surface area contributed by atoms with Crippen LogP contribution in [0.2, 0.25) is 0 Å². The summed E-state index contributed by atoms with van der Waals surface area (Å²) < 4.78 is 0. The van der Waals surface area contributed by atoms with Gasteiger partial charge in [0.2, 0.25) is 0 Å². The van der Waals surface area contributed by atoms with E-state index in [1.165, 1.54) is 25.7 Å². The summed E-state index contributed by atoms with van der Waals surface area (Å²) in [6.07, 6.45) is 8.31. The Morgan fingerprint density at radius 2 is 1.84 bits per heavy atom. The molecule has 0 bridgehead atoms. The summed E-state index contributed by atoms with van der Waals surface area (Å²) in [6, 6.07) is 7.73. The number of aliphatic imine (C=N–C) groups is 1. The van der Waals surface area contributed by atoms with E-state index in [9.17, 15) is 4.79 Å². The van der Waals surface area contributed by atoms with Crippen molar-refractivity contribution in [1.82, 2.24) is 10.2 Å². The highest BCUT2D eigenvalue weighted by atomic mass is 16.2. The molecule has 1 amide bonds. The Balaban J connectivity index is 1.77. The maximum Gasteiger partial charge on any atom is 0.253 e. The van der Waals surface area contributed by atoms with E-state index in [-0.39, 0.29) is 5.91 Å². The van der Waals surface area contributed by atoms with E-state index in [0.717, 1.165) is 50.0 Å². The van der Waals surface area contributed by atoms with Crippen LogP contribution in [0.25, 0.3) is 0 Å². The topological polar surface area (TPSA) is 70.7 Å². The van der Waals surface area contributed by atoms with Crippen LogP contribution in [-0.4, -0.2) is 36.4 Å². The lowest BCUT2D eigenvalue weighted by molar-refractivity contribution is 0.0724. The number of amides is 1. The lowest BCUT2D eigenvalue weighted by Gasteiger charge is -2.26. The van der Waals surface area contributed by atoms with Gasteiger partial charge in [0.05, 0.1) is 6.54 Å². The number of nitrogens with one attached hydrogen (secondary N) is 1. The van der Waals surface area contributed by atoms with Crippen LogP contribution in [0.4, 0.5) is 0 Å². The van der Waals surface area contributed by atoms with Crippen molar-refractivity contribution in [3.05, 3.63) is 35.4 Å². The number of benzene rings is 1. The van der Waals surface area contributed by atoms with E-state index in [2.05, 4.69) is 17.2 Å². The molecule has 0 aliphatic carbocycles. The first-order valence-corrected chi connectivity index (χ1v) is 9.62. The maximum absolute atomic E-state index is 12.4. The molecule has 1 heterocycles. The summed E-state index contributed by atoms with van der Waals surface area (Å²) in [5.74, 6) is 0.632. The summed E-state index contributed by atoms with van der Waals surface area (Å²) in [5.41, 5.74) is 7.71. The van der Waals surface area contributed by atoms with Crippen LogP contribution in [0, 0.1) is 0 Å². The van der Waals surface area contributed by atoms with Crippen molar-refractivity contribution in [2.75, 3.05) is 19.6 Å². The largest absolute Gasteiger partial charge is 0.370 e. The molecule has 0 atom stereocenters. The Morgan fingerprint density at radius 3 is 2.52 bits per heavy atom. The Labute approximate surface area is 151 Å². The van der Waals surface area contributed by atoms with Gasteiger partial charge in [0, 0.05) is 25.2 Å². The molecule has 0 unspecified atom stereocenters. The molecule has 0 aromatic heterocycles. The fraction of sp³-hybridized carbons (Fsp3) is 0.600. The highest BCUT2D eigenvalue weighted by Gasteiger charge is 2.17. The van der Waals surface area contributed by atoms with Crippen molar-refractivity contribution in [3.63, 3.8) is 0 Å². The Kier molecular flexibility index (Phi) is 8.29. The second-order valence-corrected chi connectivity index (χ2v) is 6.74. The minimum absolute atomic E-state index is 0.142. The molecule has 0 spiro atoms. The van der Waals surface area contributed by atoms with Crippen LogP contribution < -0.4 is 11.1 Å². The number of nitrogens with zero attached hydrogens (tertiary/aromatic N) is 2. The molecule has 1 aliphatic heterocycles. The van der Waals surface area contributed by atoms with Crippen LogP contribution in [0.3, 0.4) is 0 Å². The fourth-order valence-corrected chi connectivity index (χ4v) is 3.03. The molecule has 1 saturated heterocycles. The van der Waals surface area contributed by atoms with Crippen molar-refractivity contribution in [2.24, 2.45) is 10.7 Å². The molecule has 0 saturated carbocycles. The van der Waals surface area contributed by atoms with Gasteiger partial charge in [0.1, 0.15) is 0 Å². The number of rotatable bonds is 8. The van der Waals surface area contributed by atoms with E-state index in [1.54, 1.807) is 0 Å². The number of piperidine rings is 1. The fourth-order valence-electron chi connectivity index (χ4n) is 3.03. The molecular formula is C20H32N4O. The molecular weight excluding hydrogens is 312 g/mol. The second-order valence-electron chi connectivity index (χ2n) is 6.74. The summed E-state index contributed by atoms with van der Waals surface area (Å²) >= 11 is 0. The van der Waals surface area contributed by atoms with Gasteiger partial charge >= 0.3 is 0 Å². The number of carbonyl (C=O) groups is 1. The molecule has 5 heteroatoms. The monoisotopic (exact) mass is 344 g/mol. The summed E-state index contributed by atoms with van der Waals surface area (Å²) in [7, 11) is 0. The van der Waals surface area contributed by atoms with Crippen LogP contribution >= 0.6 is 0 Å². The average Bonchev–Trinajstić information content (AvgIpc) is 2.67. The third-order valence-corrected chi connectivity index (χ3v) is 4.61. The van der Waals surface area contributed by atoms with Gasteiger partial charge < -0.3 is 16.0 Å². The van der Waals surface area contributed by atoms with E-state index < -0.39 is 0 Å². The van der Waals surface area contributed by atoms with Gasteiger partial charge in [-0.15, -0.1) is 0 Å². The number of hydrogen-bond acceptors (Lipinski definition) is 2. The van der Waals surface area contributed by atoms with Crippen LogP contribution in [0.5, 0.6) is 0 Å². The van der Waals surface area contributed by atoms with Crippen molar-refractivity contribution >= 4 is 11.9 Å². The number of hydrogen-bond donors (Lipinski definition) is 2. The minimum Gasteiger partial charge on any atom is -0.370 e. The van der Waals surface area contributed by atoms with Crippen molar-refractivity contribution in [3.8, 4) is 0 Å². The second kappa shape index (κ2) is 10.7. The smallest absolute Gasteiger partial charge is 0.253 e. The molecule has 0 radical (unpaired) electrons. The maximum atomic E-state index is 12.4. The number of likely N-dealkylation sites (tertiary alicyclic amines) is 1. The zero-order chi connectivity index (χ0) is 17.9. The number of unbranched alkanes of at least 4 members (excludes halogenated alkanes) is 3. The van der Waals surface area contributed by atoms with Gasteiger partial charge in [-0.1, -0.05) is 38.3 Å². The van der Waals surface area contributed by atoms with Gasteiger partial charge in [-0.3, -0.25) is 4.79 Å². The highest BCUT2D eigenvalue weighted by molar-refractivity contribution is 5.94. The first-order chi connectivity index (χ1) is 12.2. The lowest BCUT2D eigenvalue weighted by atomic mass is 10.1. The molecule has 2 rings (SSSR count). The molecule has 138 valence electrons. The van der Waals surface area contributed by atoms with Gasteiger partial charge in [-0.2, -0.15) is 0 Å². The lowest BCUT2D eigenvalue weighted by Crippen LogP contribution is -2.35. The highest BCUT2D eigenvalue weighted by Crippen LogP contribution is 2.14. The predicted octanol–water partition coefficient (Wildman–Crippen LogP) is 3.30. The molecule has 25 heavy (non-hydrogen) atoms. The zero-order valence-electron chi connectivity index (χ0n) is 15.5. The van der Waals surface area contributed by atoms with E-state index in [1.807, 2.05) is 29.2 Å². The third kappa shape index (κ3) is 6.77. The van der Waals surface area contributed by atoms with Crippen molar-refractivity contribution in [1.29, 1.82) is 0 Å². The summed E-state index contributed by atoms with van der Waals surface area (Å²) in [5, 5.41) is 3.15. The van der Waals surface area contributed by atoms with Gasteiger partial charge in [-0.25, -0.2) is 4.99 Å². The number of carbonyl (C=O) groups excluding carboxylic acids is 1.